The number of aliphatic imine (C=N–C) groups is 1. The molecule has 2 aliphatic rings. The van der Waals surface area contributed by atoms with Crippen LogP contribution in [0, 0.1) is 11.6 Å². The molecule has 0 bridgehead atoms. The molecule has 1 saturated heterocycles. The van der Waals surface area contributed by atoms with E-state index in [9.17, 15) is 13.6 Å². The lowest BCUT2D eigenvalue weighted by Crippen LogP contribution is -2.48. The van der Waals surface area contributed by atoms with E-state index in [2.05, 4.69) is 20.7 Å². The normalized spacial score (nSPS) is 19.6. The monoisotopic (exact) mass is 533 g/mol. The Bertz CT molecular complexity index is 1130. The fraction of sp³-hybridized carbons (Fsp3) is 0.481. The minimum absolute atomic E-state index is 0.0108. The van der Waals surface area contributed by atoms with Crippen molar-refractivity contribution in [3.05, 3.63) is 64.2 Å². The number of carbonyl (C=O) groups is 1. The average Bonchev–Trinajstić information content (AvgIpc) is 3.16. The Labute approximate surface area is 221 Å². The standard InChI is InChI=1S/C27H34ClF2N5O2/c1-18(17-37-2)31-27(33-26(36)19-12-13-22(29)23(30)16-19)32-25-20-10-9-11-21(28)24(20)34-14-7-5-3-4-6-8-15-35(25)34/h9-13,16,18,25H,3-8,14-15,17H2,1-2H3,(H2,31,32,33,36)/t18-,25?/m0/s1. The first-order valence-electron chi connectivity index (χ1n) is 12.8. The Kier molecular flexibility index (Phi) is 9.34. The third kappa shape index (κ3) is 6.58. The number of hydrogen-bond acceptors (Lipinski definition) is 5. The van der Waals surface area contributed by atoms with Gasteiger partial charge in [-0.25, -0.2) is 13.8 Å². The molecule has 0 aromatic heterocycles. The highest BCUT2D eigenvalue weighted by atomic mass is 35.5. The molecule has 2 aromatic rings. The van der Waals surface area contributed by atoms with E-state index in [0.29, 0.717) is 11.6 Å². The lowest BCUT2D eigenvalue weighted by molar-refractivity contribution is 0.0973. The van der Waals surface area contributed by atoms with Crippen LogP contribution in [0.4, 0.5) is 14.5 Å². The van der Waals surface area contributed by atoms with Crippen LogP contribution in [0.1, 0.15) is 67.5 Å². The number of fused-ring (bicyclic) bond motifs is 3. The molecular formula is C27H34ClF2N5O2. The number of guanidine groups is 1. The highest BCUT2D eigenvalue weighted by Crippen LogP contribution is 2.45. The third-order valence-corrected chi connectivity index (χ3v) is 6.92. The molecule has 2 N–H and O–H groups in total. The number of hydrazine groups is 1. The topological polar surface area (TPSA) is 69.2 Å². The molecule has 1 fully saturated rings. The van der Waals surface area contributed by atoms with Crippen LogP contribution in [-0.2, 0) is 4.74 Å². The number of rotatable bonds is 5. The zero-order valence-corrected chi connectivity index (χ0v) is 22.0. The molecule has 0 saturated carbocycles. The maximum Gasteiger partial charge on any atom is 0.258 e. The summed E-state index contributed by atoms with van der Waals surface area (Å²) in [6, 6.07) is 8.66. The van der Waals surface area contributed by atoms with Gasteiger partial charge in [-0.1, -0.05) is 49.4 Å². The van der Waals surface area contributed by atoms with Crippen molar-refractivity contribution in [3.8, 4) is 0 Å². The fourth-order valence-corrected chi connectivity index (χ4v) is 5.15. The Morgan fingerprint density at radius 1 is 1.11 bits per heavy atom. The fourth-order valence-electron chi connectivity index (χ4n) is 4.87. The average molecular weight is 534 g/mol. The summed E-state index contributed by atoms with van der Waals surface area (Å²) in [5, 5.41) is 11.1. The van der Waals surface area contributed by atoms with Crippen LogP contribution in [0.15, 0.2) is 41.4 Å². The SMILES string of the molecule is COC[C@H](C)NC(=NC1c2cccc(Cl)c2N2CCCCCCCCN12)NC(=O)c1ccc(F)c(F)c1. The number of methoxy groups -OCH3 is 1. The Morgan fingerprint density at radius 3 is 2.57 bits per heavy atom. The molecule has 2 heterocycles. The number of amides is 1. The number of para-hydroxylation sites is 1. The second-order valence-electron chi connectivity index (χ2n) is 9.52. The van der Waals surface area contributed by atoms with E-state index in [-0.39, 0.29) is 17.6 Å². The molecular weight excluding hydrogens is 500 g/mol. The molecule has 4 rings (SSSR count). The van der Waals surface area contributed by atoms with E-state index in [0.717, 1.165) is 62.2 Å². The summed E-state index contributed by atoms with van der Waals surface area (Å²) >= 11 is 6.69. The summed E-state index contributed by atoms with van der Waals surface area (Å²) in [4.78, 5) is 18.0. The van der Waals surface area contributed by atoms with Crippen LogP contribution < -0.4 is 15.6 Å². The molecule has 2 atom stereocenters. The van der Waals surface area contributed by atoms with Crippen molar-refractivity contribution in [1.82, 2.24) is 15.6 Å². The quantitative estimate of drug-likeness (QED) is 0.397. The van der Waals surface area contributed by atoms with Crippen LogP contribution in [0.25, 0.3) is 0 Å². The van der Waals surface area contributed by atoms with Crippen molar-refractivity contribution in [1.29, 1.82) is 0 Å². The first-order chi connectivity index (χ1) is 17.9. The van der Waals surface area contributed by atoms with Gasteiger partial charge in [0.25, 0.3) is 5.91 Å². The highest BCUT2D eigenvalue weighted by Gasteiger charge is 2.38. The van der Waals surface area contributed by atoms with Gasteiger partial charge in [0.15, 0.2) is 17.8 Å². The van der Waals surface area contributed by atoms with Gasteiger partial charge in [0.2, 0.25) is 5.96 Å². The van der Waals surface area contributed by atoms with Gasteiger partial charge in [0.1, 0.15) is 0 Å². The molecule has 2 aromatic carbocycles. The molecule has 7 nitrogen and oxygen atoms in total. The smallest absolute Gasteiger partial charge is 0.258 e. The molecule has 10 heteroatoms. The molecule has 1 amide bonds. The number of nitrogens with zero attached hydrogens (tertiary/aromatic N) is 3. The molecule has 0 radical (unpaired) electrons. The summed E-state index contributed by atoms with van der Waals surface area (Å²) in [6.45, 7) is 3.89. The van der Waals surface area contributed by atoms with Gasteiger partial charge in [0.05, 0.1) is 17.3 Å². The van der Waals surface area contributed by atoms with E-state index in [1.165, 1.54) is 18.9 Å². The minimum Gasteiger partial charge on any atom is -0.383 e. The van der Waals surface area contributed by atoms with Gasteiger partial charge >= 0.3 is 0 Å². The van der Waals surface area contributed by atoms with Gasteiger partial charge < -0.3 is 15.1 Å². The zero-order valence-electron chi connectivity index (χ0n) is 21.3. The largest absolute Gasteiger partial charge is 0.383 e. The van der Waals surface area contributed by atoms with Crippen LogP contribution in [0.2, 0.25) is 5.02 Å². The van der Waals surface area contributed by atoms with E-state index in [1.807, 2.05) is 25.1 Å². The van der Waals surface area contributed by atoms with E-state index < -0.39 is 23.7 Å². The number of anilines is 1. The van der Waals surface area contributed by atoms with Crippen molar-refractivity contribution in [3.63, 3.8) is 0 Å². The molecule has 200 valence electrons. The highest BCUT2D eigenvalue weighted by molar-refractivity contribution is 6.33. The summed E-state index contributed by atoms with van der Waals surface area (Å²) in [5.41, 5.74) is 1.88. The third-order valence-electron chi connectivity index (χ3n) is 6.62. The van der Waals surface area contributed by atoms with Crippen molar-refractivity contribution < 1.29 is 18.3 Å². The molecule has 2 aliphatic heterocycles. The Hall–Kier alpha value is -2.75. The second-order valence-corrected chi connectivity index (χ2v) is 9.93. The first-order valence-corrected chi connectivity index (χ1v) is 13.2. The first kappa shape index (κ1) is 27.3. The number of ether oxygens (including phenoxy) is 1. The van der Waals surface area contributed by atoms with Crippen molar-refractivity contribution in [2.75, 3.05) is 31.8 Å². The van der Waals surface area contributed by atoms with Crippen molar-refractivity contribution >= 4 is 29.2 Å². The maximum absolute atomic E-state index is 13.8. The minimum atomic E-state index is -1.09. The van der Waals surface area contributed by atoms with Crippen LogP contribution in [-0.4, -0.2) is 49.7 Å². The molecule has 0 aliphatic carbocycles. The summed E-state index contributed by atoms with van der Waals surface area (Å²) in [5.74, 6) is -2.49. The van der Waals surface area contributed by atoms with Gasteiger partial charge in [-0.3, -0.25) is 10.1 Å². The number of hydrogen-bond donors (Lipinski definition) is 2. The number of benzene rings is 2. The van der Waals surface area contributed by atoms with Gasteiger partial charge in [-0.2, -0.15) is 5.01 Å². The number of halogens is 3. The second kappa shape index (κ2) is 12.7. The van der Waals surface area contributed by atoms with Gasteiger partial charge in [-0.15, -0.1) is 0 Å². The molecule has 0 spiro atoms. The Morgan fingerprint density at radius 2 is 1.84 bits per heavy atom. The van der Waals surface area contributed by atoms with Gasteiger partial charge in [-0.05, 0) is 44.0 Å². The summed E-state index contributed by atoms with van der Waals surface area (Å²) < 4.78 is 32.5. The van der Waals surface area contributed by atoms with Crippen LogP contribution >= 0.6 is 11.6 Å². The van der Waals surface area contributed by atoms with Gasteiger partial charge in [0, 0.05) is 37.4 Å². The van der Waals surface area contributed by atoms with Crippen molar-refractivity contribution in [2.45, 2.75) is 57.7 Å². The zero-order chi connectivity index (χ0) is 26.4. The lowest BCUT2D eigenvalue weighted by Gasteiger charge is -2.34. The van der Waals surface area contributed by atoms with E-state index >= 15 is 0 Å². The lowest BCUT2D eigenvalue weighted by atomic mass is 10.1. The van der Waals surface area contributed by atoms with E-state index in [1.54, 1.807) is 7.11 Å². The molecule has 1 unspecified atom stereocenters. The van der Waals surface area contributed by atoms with E-state index in [4.69, 9.17) is 21.3 Å². The predicted molar refractivity (Wildman–Crippen MR) is 142 cm³/mol. The summed E-state index contributed by atoms with van der Waals surface area (Å²) in [7, 11) is 1.59. The molecule has 37 heavy (non-hydrogen) atoms. The van der Waals surface area contributed by atoms with Crippen molar-refractivity contribution in [2.24, 2.45) is 4.99 Å². The van der Waals surface area contributed by atoms with Crippen LogP contribution in [0.5, 0.6) is 0 Å². The number of nitrogens with one attached hydrogen (secondary N) is 2. The number of carbonyl (C=O) groups excluding carboxylic acids is 1. The maximum atomic E-state index is 13.8. The Balaban J connectivity index is 1.70. The predicted octanol–water partition coefficient (Wildman–Crippen LogP) is 5.42. The van der Waals surface area contributed by atoms with Crippen LogP contribution in [0.3, 0.4) is 0 Å². The summed E-state index contributed by atoms with van der Waals surface area (Å²) in [6.07, 6.45) is 6.36.